The average Bonchev–Trinajstić information content (AvgIpc) is 3.13. The van der Waals surface area contributed by atoms with Gasteiger partial charge in [-0.1, -0.05) is 35.6 Å². The standard InChI is InChI=1S/C17H12ClNO4S2/c1-2-19-15(20)14(25-17(19)24)8-10-4-6-13(23-10)9-3-5-12(18)11(7-9)16(21)22/h3-8H,2H2,1H3,(H,21,22). The van der Waals surface area contributed by atoms with Gasteiger partial charge in [-0.15, -0.1) is 0 Å². The summed E-state index contributed by atoms with van der Waals surface area (Å²) >= 11 is 12.3. The Kier molecular flexibility index (Phi) is 4.99. The van der Waals surface area contributed by atoms with Gasteiger partial charge >= 0.3 is 5.97 Å². The Bertz CT molecular complexity index is 919. The van der Waals surface area contributed by atoms with E-state index in [1.165, 1.54) is 28.8 Å². The molecule has 128 valence electrons. The van der Waals surface area contributed by atoms with E-state index in [1.807, 2.05) is 6.92 Å². The minimum absolute atomic E-state index is 0.000865. The van der Waals surface area contributed by atoms with Gasteiger partial charge in [0.25, 0.3) is 5.91 Å². The van der Waals surface area contributed by atoms with Crippen molar-refractivity contribution in [3.05, 3.63) is 51.6 Å². The Morgan fingerprint density at radius 2 is 2.16 bits per heavy atom. The highest BCUT2D eigenvalue weighted by atomic mass is 35.5. The van der Waals surface area contributed by atoms with E-state index >= 15 is 0 Å². The third-order valence-electron chi connectivity index (χ3n) is 3.57. The van der Waals surface area contributed by atoms with Crippen molar-refractivity contribution in [2.45, 2.75) is 6.92 Å². The van der Waals surface area contributed by atoms with Gasteiger partial charge in [-0.05, 0) is 37.3 Å². The smallest absolute Gasteiger partial charge is 0.337 e. The first-order valence-corrected chi connectivity index (χ1v) is 8.89. The number of hydrogen-bond donors (Lipinski definition) is 1. The summed E-state index contributed by atoms with van der Waals surface area (Å²) in [4.78, 5) is 25.4. The Labute approximate surface area is 158 Å². The van der Waals surface area contributed by atoms with E-state index in [-0.39, 0.29) is 16.5 Å². The molecule has 1 fully saturated rings. The van der Waals surface area contributed by atoms with Gasteiger partial charge in [-0.2, -0.15) is 0 Å². The number of halogens is 1. The fourth-order valence-corrected chi connectivity index (χ4v) is 3.89. The number of thioether (sulfide) groups is 1. The normalized spacial score (nSPS) is 16.1. The number of hydrogen-bond acceptors (Lipinski definition) is 5. The van der Waals surface area contributed by atoms with Gasteiger partial charge in [0, 0.05) is 18.2 Å². The zero-order valence-electron chi connectivity index (χ0n) is 13.0. The lowest BCUT2D eigenvalue weighted by molar-refractivity contribution is -0.122. The van der Waals surface area contributed by atoms with E-state index in [0.717, 1.165) is 0 Å². The number of carbonyl (C=O) groups excluding carboxylic acids is 1. The molecule has 1 aliphatic heterocycles. The first kappa shape index (κ1) is 17.7. The van der Waals surface area contributed by atoms with Crippen LogP contribution in [0.1, 0.15) is 23.0 Å². The molecule has 0 spiro atoms. The number of nitrogens with zero attached hydrogens (tertiary/aromatic N) is 1. The summed E-state index contributed by atoms with van der Waals surface area (Å²) in [6, 6.07) is 8.05. The summed E-state index contributed by atoms with van der Waals surface area (Å²) in [7, 11) is 0. The van der Waals surface area contributed by atoms with Gasteiger partial charge in [0.1, 0.15) is 15.8 Å². The zero-order valence-corrected chi connectivity index (χ0v) is 15.4. The predicted octanol–water partition coefficient (Wildman–Crippen LogP) is 4.52. The van der Waals surface area contributed by atoms with Crippen LogP contribution in [-0.2, 0) is 4.79 Å². The van der Waals surface area contributed by atoms with Gasteiger partial charge in [0.15, 0.2) is 0 Å². The van der Waals surface area contributed by atoms with Crippen LogP contribution in [-0.4, -0.2) is 32.7 Å². The molecule has 1 N–H and O–H groups in total. The molecule has 0 unspecified atom stereocenters. The van der Waals surface area contributed by atoms with Crippen LogP contribution in [0.25, 0.3) is 17.4 Å². The fraction of sp³-hybridized carbons (Fsp3) is 0.118. The largest absolute Gasteiger partial charge is 0.478 e. The Balaban J connectivity index is 1.90. The van der Waals surface area contributed by atoms with Gasteiger partial charge < -0.3 is 9.52 Å². The van der Waals surface area contributed by atoms with Crippen LogP contribution in [0.15, 0.2) is 39.7 Å². The Morgan fingerprint density at radius 1 is 1.40 bits per heavy atom. The number of amides is 1. The molecule has 0 radical (unpaired) electrons. The molecular weight excluding hydrogens is 382 g/mol. The summed E-state index contributed by atoms with van der Waals surface area (Å²) in [5, 5.41) is 9.31. The summed E-state index contributed by atoms with van der Waals surface area (Å²) in [5.41, 5.74) is 0.587. The molecule has 8 heteroatoms. The highest BCUT2D eigenvalue weighted by molar-refractivity contribution is 8.26. The van der Waals surface area contributed by atoms with Crippen LogP contribution in [0.3, 0.4) is 0 Å². The maximum atomic E-state index is 12.2. The Morgan fingerprint density at radius 3 is 2.80 bits per heavy atom. The molecule has 1 amide bonds. The quantitative estimate of drug-likeness (QED) is 0.608. The third-order valence-corrected chi connectivity index (χ3v) is 5.28. The van der Waals surface area contributed by atoms with E-state index in [2.05, 4.69) is 0 Å². The first-order chi connectivity index (χ1) is 11.9. The lowest BCUT2D eigenvalue weighted by Gasteiger charge is -2.09. The summed E-state index contributed by atoms with van der Waals surface area (Å²) in [5.74, 6) is -0.285. The second kappa shape index (κ2) is 7.03. The summed E-state index contributed by atoms with van der Waals surface area (Å²) < 4.78 is 6.24. The van der Waals surface area contributed by atoms with Crippen LogP contribution in [0.5, 0.6) is 0 Å². The molecule has 2 aromatic rings. The number of carbonyl (C=O) groups is 2. The number of thiocarbonyl (C=S) groups is 1. The summed E-state index contributed by atoms with van der Waals surface area (Å²) in [6.07, 6.45) is 1.63. The molecule has 1 aromatic carbocycles. The number of carboxylic acid groups (broad SMARTS) is 1. The van der Waals surface area contributed by atoms with Crippen molar-refractivity contribution in [3.63, 3.8) is 0 Å². The lowest BCUT2D eigenvalue weighted by atomic mass is 10.1. The third kappa shape index (κ3) is 3.49. The van der Waals surface area contributed by atoms with Crippen molar-refractivity contribution in [1.82, 2.24) is 4.90 Å². The van der Waals surface area contributed by atoms with Crippen molar-refractivity contribution >= 4 is 57.9 Å². The molecule has 2 heterocycles. The number of furan rings is 1. The number of carboxylic acids is 1. The van der Waals surface area contributed by atoms with Crippen molar-refractivity contribution in [3.8, 4) is 11.3 Å². The Hall–Kier alpha value is -2.09. The van der Waals surface area contributed by atoms with Crippen LogP contribution < -0.4 is 0 Å². The van der Waals surface area contributed by atoms with E-state index in [1.54, 1.807) is 24.3 Å². The topological polar surface area (TPSA) is 70.8 Å². The minimum atomic E-state index is -1.11. The minimum Gasteiger partial charge on any atom is -0.478 e. The first-order valence-electron chi connectivity index (χ1n) is 7.29. The van der Waals surface area contributed by atoms with Gasteiger partial charge in [-0.3, -0.25) is 9.69 Å². The SMILES string of the molecule is CCN1C(=O)C(=Cc2ccc(-c3ccc(Cl)c(C(=O)O)c3)o2)SC1=S. The lowest BCUT2D eigenvalue weighted by Crippen LogP contribution is -2.27. The molecule has 0 saturated carbocycles. The van der Waals surface area contributed by atoms with Crippen LogP contribution in [0.4, 0.5) is 0 Å². The van der Waals surface area contributed by atoms with E-state index in [4.69, 9.17) is 33.3 Å². The predicted molar refractivity (Wildman–Crippen MR) is 102 cm³/mol. The zero-order chi connectivity index (χ0) is 18.1. The van der Waals surface area contributed by atoms with Crippen molar-refractivity contribution < 1.29 is 19.1 Å². The maximum absolute atomic E-state index is 12.2. The van der Waals surface area contributed by atoms with Gasteiger partial charge in [-0.25, -0.2) is 4.79 Å². The second-order valence-corrected chi connectivity index (χ2v) is 7.21. The molecule has 0 aliphatic carbocycles. The van der Waals surface area contributed by atoms with E-state index in [0.29, 0.717) is 32.9 Å². The molecule has 1 aromatic heterocycles. The summed E-state index contributed by atoms with van der Waals surface area (Å²) in [6.45, 7) is 2.38. The molecule has 3 rings (SSSR count). The van der Waals surface area contributed by atoms with Crippen molar-refractivity contribution in [2.24, 2.45) is 0 Å². The molecular formula is C17H12ClNO4S2. The molecule has 0 atom stereocenters. The maximum Gasteiger partial charge on any atom is 0.337 e. The van der Waals surface area contributed by atoms with Crippen LogP contribution in [0.2, 0.25) is 5.02 Å². The van der Waals surface area contributed by atoms with Gasteiger partial charge in [0.2, 0.25) is 0 Å². The van der Waals surface area contributed by atoms with Crippen molar-refractivity contribution in [1.29, 1.82) is 0 Å². The molecule has 25 heavy (non-hydrogen) atoms. The number of rotatable bonds is 4. The van der Waals surface area contributed by atoms with Crippen LogP contribution >= 0.6 is 35.6 Å². The fourth-order valence-electron chi connectivity index (χ4n) is 2.33. The van der Waals surface area contributed by atoms with Crippen molar-refractivity contribution in [2.75, 3.05) is 6.54 Å². The monoisotopic (exact) mass is 393 g/mol. The number of likely N-dealkylation sites (N-methyl/N-ethyl adjacent to an activating group) is 1. The number of aromatic carboxylic acids is 1. The molecule has 1 saturated heterocycles. The van der Waals surface area contributed by atoms with Gasteiger partial charge in [0.05, 0.1) is 15.5 Å². The molecule has 0 bridgehead atoms. The highest BCUT2D eigenvalue weighted by Crippen LogP contribution is 2.33. The number of benzene rings is 1. The molecule has 5 nitrogen and oxygen atoms in total. The highest BCUT2D eigenvalue weighted by Gasteiger charge is 2.30. The van der Waals surface area contributed by atoms with Crippen LogP contribution in [0, 0.1) is 0 Å². The van der Waals surface area contributed by atoms with E-state index < -0.39 is 5.97 Å². The second-order valence-electron chi connectivity index (χ2n) is 5.13. The molecule has 1 aliphatic rings. The van der Waals surface area contributed by atoms with E-state index in [9.17, 15) is 9.59 Å². The average molecular weight is 394 g/mol.